The van der Waals surface area contributed by atoms with Gasteiger partial charge in [0.1, 0.15) is 11.8 Å². The van der Waals surface area contributed by atoms with Gasteiger partial charge in [-0.2, -0.15) is 0 Å². The molecule has 2 N–H and O–H groups in total. The normalized spacial score (nSPS) is 21.4. The molecule has 6 nitrogen and oxygen atoms in total. The van der Waals surface area contributed by atoms with E-state index in [0.29, 0.717) is 19.3 Å². The Labute approximate surface area is 178 Å². The van der Waals surface area contributed by atoms with Crippen LogP contribution in [0.1, 0.15) is 52.0 Å². The molecule has 168 valence electrons. The lowest BCUT2D eigenvalue weighted by molar-refractivity contribution is 0.0431. The fourth-order valence-electron chi connectivity index (χ4n) is 4.15. The first-order valence-corrected chi connectivity index (χ1v) is 10.7. The summed E-state index contributed by atoms with van der Waals surface area (Å²) < 4.78 is 19.2. The van der Waals surface area contributed by atoms with E-state index in [0.717, 1.165) is 18.4 Å². The first-order valence-electron chi connectivity index (χ1n) is 10.7. The number of benzene rings is 1. The van der Waals surface area contributed by atoms with Gasteiger partial charge in [-0.3, -0.25) is 0 Å². The van der Waals surface area contributed by atoms with Gasteiger partial charge in [0.25, 0.3) is 0 Å². The molecule has 0 aromatic heterocycles. The Balaban J connectivity index is 2.28. The van der Waals surface area contributed by atoms with E-state index in [1.54, 1.807) is 20.8 Å². The SMILES string of the molecule is CN(C[C@@H](NC(=O)OC(C)(C)C)C(Cc1ccccc1)[C@H]1CC[C@H](F)CC1)C(=O)O. The second kappa shape index (κ2) is 10.6. The molecule has 0 bridgehead atoms. The number of nitrogens with zero attached hydrogens (tertiary/aromatic N) is 1. The summed E-state index contributed by atoms with van der Waals surface area (Å²) in [5.41, 5.74) is 0.452. The maximum absolute atomic E-state index is 13.8. The molecule has 0 radical (unpaired) electrons. The zero-order valence-corrected chi connectivity index (χ0v) is 18.4. The third-order valence-corrected chi connectivity index (χ3v) is 5.64. The number of ether oxygens (including phenoxy) is 1. The largest absolute Gasteiger partial charge is 0.465 e. The Morgan fingerprint density at radius 2 is 1.80 bits per heavy atom. The van der Waals surface area contributed by atoms with Crippen LogP contribution in [-0.4, -0.2) is 53.6 Å². The van der Waals surface area contributed by atoms with Crippen LogP contribution in [0, 0.1) is 11.8 Å². The highest BCUT2D eigenvalue weighted by Crippen LogP contribution is 2.35. The highest BCUT2D eigenvalue weighted by molar-refractivity contribution is 5.68. The lowest BCUT2D eigenvalue weighted by Crippen LogP contribution is -2.52. The summed E-state index contributed by atoms with van der Waals surface area (Å²) in [6.07, 6.45) is 0.728. The van der Waals surface area contributed by atoms with Crippen molar-refractivity contribution in [2.75, 3.05) is 13.6 Å². The predicted octanol–water partition coefficient (Wildman–Crippen LogP) is 4.88. The summed E-state index contributed by atoms with van der Waals surface area (Å²) in [6, 6.07) is 9.48. The fraction of sp³-hybridized carbons (Fsp3) is 0.652. The molecule has 1 aliphatic rings. The average molecular weight is 423 g/mol. The van der Waals surface area contributed by atoms with E-state index < -0.39 is 30.0 Å². The van der Waals surface area contributed by atoms with Gasteiger partial charge >= 0.3 is 12.2 Å². The number of nitrogens with one attached hydrogen (secondary N) is 1. The van der Waals surface area contributed by atoms with Crippen LogP contribution in [0.2, 0.25) is 0 Å². The van der Waals surface area contributed by atoms with Crippen molar-refractivity contribution >= 4 is 12.2 Å². The monoisotopic (exact) mass is 422 g/mol. The van der Waals surface area contributed by atoms with Crippen molar-refractivity contribution in [3.05, 3.63) is 35.9 Å². The summed E-state index contributed by atoms with van der Waals surface area (Å²) >= 11 is 0. The standard InChI is InChI=1S/C23H35FN2O4/c1-23(2,3)30-21(27)25-20(15-26(4)22(28)29)19(14-16-8-6-5-7-9-16)17-10-12-18(24)13-11-17/h5-9,17-20H,10-15H2,1-4H3,(H,25,27)(H,28,29)/t17-,18-,19?,20-/m1/s1. The number of carboxylic acid groups (broad SMARTS) is 1. The predicted molar refractivity (Wildman–Crippen MR) is 114 cm³/mol. The molecule has 1 aliphatic carbocycles. The number of hydrogen-bond acceptors (Lipinski definition) is 3. The highest BCUT2D eigenvalue weighted by atomic mass is 19.1. The molecule has 30 heavy (non-hydrogen) atoms. The number of likely N-dealkylation sites (N-methyl/N-ethyl adjacent to an activating group) is 1. The van der Waals surface area contributed by atoms with E-state index in [9.17, 15) is 19.1 Å². The lowest BCUT2D eigenvalue weighted by atomic mass is 9.73. The summed E-state index contributed by atoms with van der Waals surface area (Å²) in [5.74, 6) is 0.161. The Morgan fingerprint density at radius 3 is 2.33 bits per heavy atom. The van der Waals surface area contributed by atoms with Gasteiger partial charge in [-0.1, -0.05) is 30.3 Å². The smallest absolute Gasteiger partial charge is 0.407 e. The number of rotatable bonds is 7. The molecule has 0 saturated heterocycles. The number of alkyl halides is 1. The van der Waals surface area contributed by atoms with Gasteiger partial charge in [-0.25, -0.2) is 14.0 Å². The van der Waals surface area contributed by atoms with Gasteiger partial charge in [0.2, 0.25) is 0 Å². The number of carbonyl (C=O) groups excluding carboxylic acids is 1. The molecule has 1 saturated carbocycles. The van der Waals surface area contributed by atoms with Gasteiger partial charge in [-0.15, -0.1) is 0 Å². The van der Waals surface area contributed by atoms with E-state index in [2.05, 4.69) is 5.32 Å². The Bertz CT molecular complexity index is 684. The molecule has 0 spiro atoms. The molecular weight excluding hydrogens is 387 g/mol. The van der Waals surface area contributed by atoms with Crippen molar-refractivity contribution in [2.24, 2.45) is 11.8 Å². The van der Waals surface area contributed by atoms with Gasteiger partial charge in [0.15, 0.2) is 0 Å². The van der Waals surface area contributed by atoms with Crippen LogP contribution in [0.15, 0.2) is 30.3 Å². The Hall–Kier alpha value is -2.31. The van der Waals surface area contributed by atoms with Crippen LogP contribution >= 0.6 is 0 Å². The van der Waals surface area contributed by atoms with Crippen molar-refractivity contribution in [1.82, 2.24) is 10.2 Å². The van der Waals surface area contributed by atoms with Crippen LogP contribution in [0.25, 0.3) is 0 Å². The zero-order valence-electron chi connectivity index (χ0n) is 18.4. The van der Waals surface area contributed by atoms with E-state index in [1.807, 2.05) is 30.3 Å². The third kappa shape index (κ3) is 7.84. The maximum Gasteiger partial charge on any atom is 0.407 e. The summed E-state index contributed by atoms with van der Waals surface area (Å²) in [4.78, 5) is 25.2. The maximum atomic E-state index is 13.8. The van der Waals surface area contributed by atoms with Crippen LogP contribution in [0.5, 0.6) is 0 Å². The molecule has 2 atom stereocenters. The molecule has 1 aromatic carbocycles. The van der Waals surface area contributed by atoms with E-state index >= 15 is 0 Å². The minimum atomic E-state index is -1.06. The van der Waals surface area contributed by atoms with Gasteiger partial charge in [0, 0.05) is 13.6 Å². The first-order chi connectivity index (χ1) is 14.0. The summed E-state index contributed by atoms with van der Waals surface area (Å²) in [7, 11) is 1.49. The van der Waals surface area contributed by atoms with Gasteiger partial charge in [0.05, 0.1) is 6.04 Å². The van der Waals surface area contributed by atoms with Crippen molar-refractivity contribution in [3.63, 3.8) is 0 Å². The van der Waals surface area contributed by atoms with Gasteiger partial charge < -0.3 is 20.1 Å². The van der Waals surface area contributed by atoms with E-state index in [-0.39, 0.29) is 18.4 Å². The number of alkyl carbamates (subject to hydrolysis) is 1. The van der Waals surface area contributed by atoms with Crippen LogP contribution in [0.3, 0.4) is 0 Å². The molecule has 2 amide bonds. The van der Waals surface area contributed by atoms with Crippen LogP contribution in [0.4, 0.5) is 14.0 Å². The third-order valence-electron chi connectivity index (χ3n) is 5.64. The second-order valence-corrected chi connectivity index (χ2v) is 9.28. The summed E-state index contributed by atoms with van der Waals surface area (Å²) in [5, 5.41) is 12.3. The summed E-state index contributed by atoms with van der Waals surface area (Å²) in [6.45, 7) is 5.50. The highest BCUT2D eigenvalue weighted by Gasteiger charge is 2.35. The molecule has 7 heteroatoms. The zero-order chi connectivity index (χ0) is 22.3. The van der Waals surface area contributed by atoms with Crippen molar-refractivity contribution < 1.29 is 23.8 Å². The fourth-order valence-corrected chi connectivity index (χ4v) is 4.15. The van der Waals surface area contributed by atoms with Crippen molar-refractivity contribution in [3.8, 4) is 0 Å². The molecule has 2 rings (SSSR count). The van der Waals surface area contributed by atoms with Gasteiger partial charge in [-0.05, 0) is 70.3 Å². The average Bonchev–Trinajstić information content (AvgIpc) is 2.65. The number of halogens is 1. The molecular formula is C23H35FN2O4. The molecule has 1 aromatic rings. The number of hydrogen-bond donors (Lipinski definition) is 2. The Morgan fingerprint density at radius 1 is 1.20 bits per heavy atom. The second-order valence-electron chi connectivity index (χ2n) is 9.28. The molecule has 0 aliphatic heterocycles. The lowest BCUT2D eigenvalue weighted by Gasteiger charge is -2.38. The van der Waals surface area contributed by atoms with Crippen LogP contribution in [-0.2, 0) is 11.2 Å². The van der Waals surface area contributed by atoms with Crippen LogP contribution < -0.4 is 5.32 Å². The minimum Gasteiger partial charge on any atom is -0.465 e. The topological polar surface area (TPSA) is 78.9 Å². The number of amides is 2. The molecule has 1 unspecified atom stereocenters. The van der Waals surface area contributed by atoms with E-state index in [4.69, 9.17) is 4.74 Å². The Kier molecular flexibility index (Phi) is 8.50. The first kappa shape index (κ1) is 24.0. The minimum absolute atomic E-state index is 0.0331. The molecule has 1 fully saturated rings. The van der Waals surface area contributed by atoms with Crippen molar-refractivity contribution in [1.29, 1.82) is 0 Å². The van der Waals surface area contributed by atoms with E-state index in [1.165, 1.54) is 11.9 Å². The quantitative estimate of drug-likeness (QED) is 0.657. The number of carbonyl (C=O) groups is 2. The van der Waals surface area contributed by atoms with Crippen molar-refractivity contribution in [2.45, 2.75) is 70.7 Å². The molecule has 0 heterocycles.